The number of carbonyl (C=O) groups is 2. The van der Waals surface area contributed by atoms with E-state index in [0.717, 1.165) is 4.90 Å². The van der Waals surface area contributed by atoms with Gasteiger partial charge in [0.15, 0.2) is 0 Å². The third-order valence-electron chi connectivity index (χ3n) is 4.87. The van der Waals surface area contributed by atoms with E-state index in [2.05, 4.69) is 0 Å². The first kappa shape index (κ1) is 21.2. The predicted octanol–water partition coefficient (Wildman–Crippen LogP) is 5.40. The van der Waals surface area contributed by atoms with E-state index in [4.69, 9.17) is 27.9 Å². The smallest absolute Gasteiger partial charge is 0.300 e. The van der Waals surface area contributed by atoms with Gasteiger partial charge in [0.1, 0.15) is 23.3 Å². The van der Waals surface area contributed by atoms with Crippen molar-refractivity contribution in [1.29, 1.82) is 0 Å². The van der Waals surface area contributed by atoms with E-state index in [1.807, 2.05) is 0 Å². The summed E-state index contributed by atoms with van der Waals surface area (Å²) in [6.07, 6.45) is 0. The number of benzene rings is 2. The van der Waals surface area contributed by atoms with Crippen molar-refractivity contribution in [1.82, 2.24) is 0 Å². The molecule has 1 saturated heterocycles. The molecule has 1 aliphatic heterocycles. The molecule has 1 aromatic heterocycles. The molecule has 9 heteroatoms. The van der Waals surface area contributed by atoms with Crippen molar-refractivity contribution in [2.24, 2.45) is 0 Å². The molecule has 1 atom stereocenters. The lowest BCUT2D eigenvalue weighted by molar-refractivity contribution is -0.132. The van der Waals surface area contributed by atoms with Crippen LogP contribution in [-0.4, -0.2) is 29.0 Å². The van der Waals surface area contributed by atoms with Gasteiger partial charge in [-0.25, -0.2) is 0 Å². The Labute approximate surface area is 191 Å². The highest BCUT2D eigenvalue weighted by molar-refractivity contribution is 7.10. The van der Waals surface area contributed by atoms with Crippen LogP contribution in [0.1, 0.15) is 16.5 Å². The van der Waals surface area contributed by atoms with E-state index >= 15 is 0 Å². The van der Waals surface area contributed by atoms with Gasteiger partial charge in [-0.3, -0.25) is 14.5 Å². The number of amides is 1. The summed E-state index contributed by atoms with van der Waals surface area (Å²) in [6.45, 7) is 0. The van der Waals surface area contributed by atoms with Crippen LogP contribution in [-0.2, 0) is 9.59 Å². The minimum Gasteiger partial charge on any atom is -0.507 e. The number of anilines is 1. The van der Waals surface area contributed by atoms with Gasteiger partial charge in [-0.1, -0.05) is 29.3 Å². The monoisotopic (exact) mass is 475 g/mol. The molecule has 2 N–H and O–H groups in total. The minimum atomic E-state index is -0.979. The highest BCUT2D eigenvalue weighted by Gasteiger charge is 2.48. The summed E-state index contributed by atoms with van der Waals surface area (Å²) in [5.74, 6) is -2.19. The molecule has 0 spiro atoms. The lowest BCUT2D eigenvalue weighted by atomic mass is 9.99. The minimum absolute atomic E-state index is 0.0603. The summed E-state index contributed by atoms with van der Waals surface area (Å²) in [5, 5.41) is 23.9. The number of phenols is 1. The average molecular weight is 476 g/mol. The quantitative estimate of drug-likeness (QED) is 0.299. The van der Waals surface area contributed by atoms with Gasteiger partial charge in [-0.2, -0.15) is 0 Å². The van der Waals surface area contributed by atoms with E-state index in [-0.39, 0.29) is 33.3 Å². The number of rotatable bonds is 4. The lowest BCUT2D eigenvalue weighted by Gasteiger charge is -2.25. The number of thiophene rings is 1. The van der Waals surface area contributed by atoms with Crippen LogP contribution in [0.25, 0.3) is 5.76 Å². The molecular formula is C22H15Cl2NO5S. The fraction of sp³-hybridized carbons (Fsp3) is 0.0909. The van der Waals surface area contributed by atoms with Crippen LogP contribution >= 0.6 is 34.5 Å². The molecule has 158 valence electrons. The summed E-state index contributed by atoms with van der Waals surface area (Å²) >= 11 is 13.5. The van der Waals surface area contributed by atoms with Crippen LogP contribution in [0.2, 0.25) is 10.0 Å². The average Bonchev–Trinajstić information content (AvgIpc) is 3.36. The molecule has 3 aromatic rings. The number of aliphatic hydroxyl groups excluding tert-OH is 1. The van der Waals surface area contributed by atoms with Crippen LogP contribution in [0.4, 0.5) is 5.69 Å². The number of aromatic hydroxyl groups is 1. The highest BCUT2D eigenvalue weighted by atomic mass is 35.5. The largest absolute Gasteiger partial charge is 0.507 e. The van der Waals surface area contributed by atoms with Crippen LogP contribution in [0.5, 0.6) is 11.5 Å². The zero-order valence-electron chi connectivity index (χ0n) is 16.0. The second-order valence-corrected chi connectivity index (χ2v) is 8.51. The number of hydrogen-bond donors (Lipinski definition) is 2. The second kappa shape index (κ2) is 8.26. The summed E-state index contributed by atoms with van der Waals surface area (Å²) in [4.78, 5) is 27.9. The summed E-state index contributed by atoms with van der Waals surface area (Å²) in [6, 6.07) is 11.3. The standard InChI is InChI=1S/C22H15Cl2NO5S/c1-30-16-7-5-11(23)9-13(16)20(27)18-19(17-3-2-8-31-17)25(22(29)21(18)28)14-10-12(24)4-6-15(14)26/h2-10,19,26-27H,1H3/b20-18-. The van der Waals surface area contributed by atoms with Crippen molar-refractivity contribution in [3.05, 3.63) is 80.0 Å². The fourth-order valence-corrected chi connectivity index (χ4v) is 4.66. The maximum atomic E-state index is 13.1. The maximum Gasteiger partial charge on any atom is 0.300 e. The third-order valence-corrected chi connectivity index (χ3v) is 6.27. The normalized spacial score (nSPS) is 17.9. The summed E-state index contributed by atoms with van der Waals surface area (Å²) < 4.78 is 5.30. The van der Waals surface area contributed by atoms with Gasteiger partial charge in [-0.05, 0) is 47.8 Å². The van der Waals surface area contributed by atoms with Crippen LogP contribution < -0.4 is 9.64 Å². The predicted molar refractivity (Wildman–Crippen MR) is 120 cm³/mol. The van der Waals surface area contributed by atoms with Crippen LogP contribution in [0, 0.1) is 0 Å². The Balaban J connectivity index is 1.99. The Hall–Kier alpha value is -3.00. The number of nitrogens with zero attached hydrogens (tertiary/aromatic N) is 1. The van der Waals surface area contributed by atoms with Crippen LogP contribution in [0.3, 0.4) is 0 Å². The van der Waals surface area contributed by atoms with Gasteiger partial charge in [0, 0.05) is 14.9 Å². The first-order valence-electron chi connectivity index (χ1n) is 9.00. The van der Waals surface area contributed by atoms with E-state index in [9.17, 15) is 19.8 Å². The van der Waals surface area contributed by atoms with Crippen LogP contribution in [0.15, 0.2) is 59.5 Å². The van der Waals surface area contributed by atoms with Crippen molar-refractivity contribution >= 4 is 57.7 Å². The first-order chi connectivity index (χ1) is 14.8. The molecule has 1 unspecified atom stereocenters. The van der Waals surface area contributed by atoms with Gasteiger partial charge in [-0.15, -0.1) is 11.3 Å². The lowest BCUT2D eigenvalue weighted by Crippen LogP contribution is -2.29. The number of aliphatic hydroxyl groups is 1. The maximum absolute atomic E-state index is 13.1. The highest BCUT2D eigenvalue weighted by Crippen LogP contribution is 2.47. The van der Waals surface area contributed by atoms with E-state index in [0.29, 0.717) is 9.90 Å². The van der Waals surface area contributed by atoms with Gasteiger partial charge in [0.2, 0.25) is 0 Å². The fourth-order valence-electron chi connectivity index (χ4n) is 3.50. The van der Waals surface area contributed by atoms with Gasteiger partial charge in [0.05, 0.1) is 23.9 Å². The molecule has 6 nitrogen and oxygen atoms in total. The topological polar surface area (TPSA) is 87.1 Å². The number of phenolic OH excluding ortho intramolecular Hbond substituents is 1. The molecule has 31 heavy (non-hydrogen) atoms. The molecule has 4 rings (SSSR count). The number of methoxy groups -OCH3 is 1. The molecule has 0 saturated carbocycles. The zero-order chi connectivity index (χ0) is 22.3. The number of ketones is 1. The first-order valence-corrected chi connectivity index (χ1v) is 10.6. The molecule has 1 fully saturated rings. The van der Waals surface area contributed by atoms with Gasteiger partial charge in [0.25, 0.3) is 11.7 Å². The van der Waals surface area contributed by atoms with Crippen molar-refractivity contribution in [2.75, 3.05) is 12.0 Å². The SMILES string of the molecule is COc1ccc(Cl)cc1/C(O)=C1/C(=O)C(=O)N(c2cc(Cl)ccc2O)C1c1cccs1. The number of halogens is 2. The third kappa shape index (κ3) is 3.65. The summed E-state index contributed by atoms with van der Waals surface area (Å²) in [7, 11) is 1.42. The molecule has 1 amide bonds. The van der Waals surface area contributed by atoms with E-state index < -0.39 is 23.5 Å². The Morgan fingerprint density at radius 3 is 2.48 bits per heavy atom. The molecule has 1 aliphatic rings. The Bertz CT molecular complexity index is 1220. The van der Waals surface area contributed by atoms with Crippen molar-refractivity contribution < 1.29 is 24.5 Å². The van der Waals surface area contributed by atoms with Crippen molar-refractivity contribution in [3.8, 4) is 11.5 Å². The van der Waals surface area contributed by atoms with Crippen molar-refractivity contribution in [3.63, 3.8) is 0 Å². The number of carbonyl (C=O) groups excluding carboxylic acids is 2. The van der Waals surface area contributed by atoms with Crippen molar-refractivity contribution in [2.45, 2.75) is 6.04 Å². The van der Waals surface area contributed by atoms with E-state index in [1.165, 1.54) is 42.7 Å². The van der Waals surface area contributed by atoms with Gasteiger partial charge >= 0.3 is 0 Å². The summed E-state index contributed by atoms with van der Waals surface area (Å²) in [5.41, 5.74) is 0.0855. The Morgan fingerprint density at radius 1 is 1.10 bits per heavy atom. The number of Topliss-reactive ketones (excluding diaryl/α,β-unsaturated/α-hetero) is 1. The second-order valence-electron chi connectivity index (χ2n) is 6.66. The molecule has 0 bridgehead atoms. The molecule has 0 radical (unpaired) electrons. The molecular weight excluding hydrogens is 461 g/mol. The molecule has 2 aromatic carbocycles. The van der Waals surface area contributed by atoms with E-state index in [1.54, 1.807) is 29.6 Å². The molecule has 2 heterocycles. The number of hydrogen-bond acceptors (Lipinski definition) is 6. The number of ether oxygens (including phenoxy) is 1. The molecule has 0 aliphatic carbocycles. The Kier molecular flexibility index (Phi) is 5.66. The zero-order valence-corrected chi connectivity index (χ0v) is 18.3. The Morgan fingerprint density at radius 2 is 1.81 bits per heavy atom. The van der Waals surface area contributed by atoms with Gasteiger partial charge < -0.3 is 14.9 Å².